The topological polar surface area (TPSA) is 33.7 Å². The van der Waals surface area contributed by atoms with Crippen LogP contribution in [0.25, 0.3) is 0 Å². The molecule has 4 nitrogen and oxygen atoms in total. The van der Waals surface area contributed by atoms with Gasteiger partial charge in [0.1, 0.15) is 12.4 Å². The van der Waals surface area contributed by atoms with E-state index in [0.717, 1.165) is 49.1 Å². The van der Waals surface area contributed by atoms with Gasteiger partial charge in [0.2, 0.25) is 0 Å². The summed E-state index contributed by atoms with van der Waals surface area (Å²) in [4.78, 5) is 2.53. The van der Waals surface area contributed by atoms with E-state index >= 15 is 0 Å². The Morgan fingerprint density at radius 3 is 2.44 bits per heavy atom. The molecule has 1 aliphatic rings. The molecule has 0 amide bonds. The molecule has 3 aromatic rings. The Bertz CT molecular complexity index is 1060. The summed E-state index contributed by atoms with van der Waals surface area (Å²) in [6, 6.07) is 21.9. The Kier molecular flexibility index (Phi) is 8.97. The molecule has 34 heavy (non-hydrogen) atoms. The maximum Gasteiger partial charge on any atom is 0.175 e. The van der Waals surface area contributed by atoms with Gasteiger partial charge in [-0.15, -0.1) is 0 Å². The zero-order chi connectivity index (χ0) is 23.8. The lowest BCUT2D eigenvalue weighted by atomic mass is 10.0. The van der Waals surface area contributed by atoms with Crippen LogP contribution in [0.5, 0.6) is 11.5 Å². The van der Waals surface area contributed by atoms with Crippen LogP contribution in [0.1, 0.15) is 36.5 Å². The molecule has 0 radical (unpaired) electrons. The van der Waals surface area contributed by atoms with Crippen molar-refractivity contribution in [2.75, 3.05) is 19.7 Å². The van der Waals surface area contributed by atoms with Gasteiger partial charge >= 0.3 is 0 Å². The lowest BCUT2D eigenvalue weighted by Crippen LogP contribution is -2.41. The van der Waals surface area contributed by atoms with Crippen molar-refractivity contribution < 1.29 is 13.9 Å². The van der Waals surface area contributed by atoms with E-state index in [1.165, 1.54) is 11.6 Å². The van der Waals surface area contributed by atoms with Crippen LogP contribution in [0.15, 0.2) is 71.2 Å². The molecule has 1 fully saturated rings. The number of hydrogen-bond acceptors (Lipinski definition) is 4. The van der Waals surface area contributed by atoms with Crippen LogP contribution in [0.3, 0.4) is 0 Å². The third-order valence-corrected chi connectivity index (χ3v) is 6.72. The Balaban J connectivity index is 1.32. The van der Waals surface area contributed by atoms with Gasteiger partial charge in [0, 0.05) is 24.7 Å². The van der Waals surface area contributed by atoms with Crippen LogP contribution in [0, 0.1) is 5.82 Å². The van der Waals surface area contributed by atoms with Gasteiger partial charge in [-0.25, -0.2) is 4.39 Å². The highest BCUT2D eigenvalue weighted by Gasteiger charge is 2.20. The number of hydrogen-bond donors (Lipinski definition) is 1. The van der Waals surface area contributed by atoms with Crippen molar-refractivity contribution in [3.8, 4) is 11.5 Å². The highest BCUT2D eigenvalue weighted by molar-refractivity contribution is 9.10. The van der Waals surface area contributed by atoms with Crippen molar-refractivity contribution in [2.24, 2.45) is 0 Å². The fraction of sp³-hybridized carbons (Fsp3) is 0.357. The number of nitrogens with zero attached hydrogens (tertiary/aromatic N) is 1. The molecule has 0 saturated carbocycles. The van der Waals surface area contributed by atoms with E-state index < -0.39 is 0 Å². The average Bonchev–Trinajstić information content (AvgIpc) is 2.85. The highest BCUT2D eigenvalue weighted by atomic mass is 79.9. The number of piperidine rings is 1. The van der Waals surface area contributed by atoms with Gasteiger partial charge in [-0.3, -0.25) is 4.90 Å². The fourth-order valence-corrected chi connectivity index (χ4v) is 4.89. The number of nitrogens with one attached hydrogen (secondary N) is 1. The molecule has 0 unspecified atom stereocenters. The molecule has 1 N–H and O–H groups in total. The van der Waals surface area contributed by atoms with E-state index in [9.17, 15) is 4.39 Å². The Hall–Kier alpha value is -2.41. The highest BCUT2D eigenvalue weighted by Crippen LogP contribution is 2.37. The van der Waals surface area contributed by atoms with E-state index in [2.05, 4.69) is 62.5 Å². The molecular weight excluding hydrogens is 495 g/mol. The summed E-state index contributed by atoms with van der Waals surface area (Å²) >= 11 is 3.63. The largest absolute Gasteiger partial charge is 0.490 e. The van der Waals surface area contributed by atoms with E-state index in [1.54, 1.807) is 18.2 Å². The first kappa shape index (κ1) is 24.7. The van der Waals surface area contributed by atoms with Gasteiger partial charge in [0.15, 0.2) is 11.5 Å². The standard InChI is InChI=1S/C28H32BrFN2O2/c1-2-33-27-17-22(16-25(29)28(27)34-20-23-10-6-7-11-26(23)30)18-31-24-12-14-32(15-13-24)19-21-8-4-3-5-9-21/h3-11,16-17,24,31H,2,12-15,18-20H2,1H3. The smallest absolute Gasteiger partial charge is 0.175 e. The van der Waals surface area contributed by atoms with Gasteiger partial charge in [0.25, 0.3) is 0 Å². The first-order valence-electron chi connectivity index (χ1n) is 11.9. The summed E-state index contributed by atoms with van der Waals surface area (Å²) in [6.45, 7) is 6.60. The van der Waals surface area contributed by atoms with E-state index in [-0.39, 0.29) is 12.4 Å². The molecule has 0 spiro atoms. The van der Waals surface area contributed by atoms with Crippen molar-refractivity contribution >= 4 is 15.9 Å². The summed E-state index contributed by atoms with van der Waals surface area (Å²) in [5.74, 6) is 0.998. The van der Waals surface area contributed by atoms with Gasteiger partial charge in [-0.2, -0.15) is 0 Å². The van der Waals surface area contributed by atoms with Crippen molar-refractivity contribution in [1.29, 1.82) is 0 Å². The van der Waals surface area contributed by atoms with Gasteiger partial charge < -0.3 is 14.8 Å². The van der Waals surface area contributed by atoms with Crippen LogP contribution in [0.4, 0.5) is 4.39 Å². The molecular formula is C28H32BrFN2O2. The Morgan fingerprint density at radius 2 is 1.71 bits per heavy atom. The predicted molar refractivity (Wildman–Crippen MR) is 138 cm³/mol. The molecule has 1 saturated heterocycles. The summed E-state index contributed by atoms with van der Waals surface area (Å²) < 4.78 is 26.6. The predicted octanol–water partition coefficient (Wildman–Crippen LogP) is 6.32. The van der Waals surface area contributed by atoms with Gasteiger partial charge in [-0.05, 0) is 78.1 Å². The van der Waals surface area contributed by atoms with Crippen molar-refractivity contribution in [3.63, 3.8) is 0 Å². The summed E-state index contributed by atoms with van der Waals surface area (Å²) in [6.07, 6.45) is 2.27. The van der Waals surface area contributed by atoms with Crippen LogP contribution in [-0.2, 0) is 19.7 Å². The van der Waals surface area contributed by atoms with Crippen molar-refractivity contribution in [2.45, 2.75) is 45.5 Å². The van der Waals surface area contributed by atoms with Crippen LogP contribution in [0.2, 0.25) is 0 Å². The molecule has 6 heteroatoms. The second-order valence-corrected chi connectivity index (χ2v) is 9.49. The SMILES string of the molecule is CCOc1cc(CNC2CCN(Cc3ccccc3)CC2)cc(Br)c1OCc1ccccc1F. The lowest BCUT2D eigenvalue weighted by Gasteiger charge is -2.32. The first-order chi connectivity index (χ1) is 16.6. The van der Waals surface area contributed by atoms with Crippen molar-refractivity contribution in [1.82, 2.24) is 10.2 Å². The molecule has 3 aromatic carbocycles. The molecule has 0 aliphatic carbocycles. The second kappa shape index (κ2) is 12.3. The number of rotatable bonds is 10. The Morgan fingerprint density at radius 1 is 0.971 bits per heavy atom. The normalized spacial score (nSPS) is 14.8. The molecule has 4 rings (SSSR count). The lowest BCUT2D eigenvalue weighted by molar-refractivity contribution is 0.190. The average molecular weight is 527 g/mol. The third-order valence-electron chi connectivity index (χ3n) is 6.13. The molecule has 0 atom stereocenters. The van der Waals surface area contributed by atoms with Gasteiger partial charge in [0.05, 0.1) is 11.1 Å². The third kappa shape index (κ3) is 6.81. The van der Waals surface area contributed by atoms with Gasteiger partial charge in [-0.1, -0.05) is 48.5 Å². The zero-order valence-electron chi connectivity index (χ0n) is 19.6. The molecule has 1 aliphatic heterocycles. The Labute approximate surface area is 210 Å². The number of likely N-dealkylation sites (tertiary alicyclic amines) is 1. The summed E-state index contributed by atoms with van der Waals surface area (Å²) in [5, 5.41) is 3.71. The second-order valence-electron chi connectivity index (χ2n) is 8.63. The molecule has 1 heterocycles. The minimum absolute atomic E-state index is 0.143. The zero-order valence-corrected chi connectivity index (χ0v) is 21.2. The molecule has 0 bridgehead atoms. The minimum atomic E-state index is -0.271. The molecule has 180 valence electrons. The van der Waals surface area contributed by atoms with E-state index in [0.29, 0.717) is 29.7 Å². The minimum Gasteiger partial charge on any atom is -0.490 e. The summed E-state index contributed by atoms with van der Waals surface area (Å²) in [7, 11) is 0. The van der Waals surface area contributed by atoms with Crippen LogP contribution >= 0.6 is 15.9 Å². The molecule has 0 aromatic heterocycles. The quantitative estimate of drug-likeness (QED) is 0.335. The number of ether oxygens (including phenoxy) is 2. The van der Waals surface area contributed by atoms with E-state index in [1.807, 2.05) is 13.0 Å². The van der Waals surface area contributed by atoms with Crippen LogP contribution in [-0.4, -0.2) is 30.6 Å². The maximum absolute atomic E-state index is 14.0. The fourth-order valence-electron chi connectivity index (χ4n) is 4.29. The number of halogens is 2. The van der Waals surface area contributed by atoms with Crippen molar-refractivity contribution in [3.05, 3.63) is 93.7 Å². The maximum atomic E-state index is 14.0. The van der Waals surface area contributed by atoms with Crippen LogP contribution < -0.4 is 14.8 Å². The monoisotopic (exact) mass is 526 g/mol. The van der Waals surface area contributed by atoms with E-state index in [4.69, 9.17) is 9.47 Å². The summed E-state index contributed by atoms with van der Waals surface area (Å²) in [5.41, 5.74) is 3.01. The number of benzene rings is 3. The first-order valence-corrected chi connectivity index (χ1v) is 12.7.